The van der Waals surface area contributed by atoms with Crippen LogP contribution in [0.2, 0.25) is 0 Å². The van der Waals surface area contributed by atoms with Crippen molar-refractivity contribution in [2.45, 2.75) is 12.7 Å². The van der Waals surface area contributed by atoms with Crippen LogP contribution < -0.4 is 0 Å². The fraction of sp³-hybridized carbons (Fsp3) is 0.842. The molecule has 0 unspecified atom stereocenters. The maximum absolute atomic E-state index is 11.3. The van der Waals surface area contributed by atoms with E-state index in [4.69, 9.17) is 9.47 Å². The van der Waals surface area contributed by atoms with Crippen molar-refractivity contribution in [3.05, 3.63) is 0 Å². The van der Waals surface area contributed by atoms with Gasteiger partial charge in [-0.1, -0.05) is 0 Å². The maximum Gasteiger partial charge on any atom is 0.317 e. The standard InChI is InChI=1S/C19H34N4O8/c24-16(25)12-20-2-4-21(13-17(26)27)6-8-23(15-19-30-10-1-11-31-19)9-7-22(5-3-20)14-18(28)29/h19H,1-15H2,(H,24,25)(H,26,27)(H,28,29). The summed E-state index contributed by atoms with van der Waals surface area (Å²) in [6.07, 6.45) is 0.496. The molecule has 31 heavy (non-hydrogen) atoms. The Morgan fingerprint density at radius 3 is 1.26 bits per heavy atom. The Labute approximate surface area is 181 Å². The topological polar surface area (TPSA) is 143 Å². The van der Waals surface area contributed by atoms with E-state index in [1.165, 1.54) is 0 Å². The third-order valence-corrected chi connectivity index (χ3v) is 5.31. The van der Waals surface area contributed by atoms with Gasteiger partial charge in [0.05, 0.1) is 32.8 Å². The number of carboxylic acid groups (broad SMARTS) is 3. The fourth-order valence-corrected chi connectivity index (χ4v) is 3.66. The number of carbonyl (C=O) groups is 3. The highest BCUT2D eigenvalue weighted by molar-refractivity contribution is 5.69. The molecule has 0 bridgehead atoms. The summed E-state index contributed by atoms with van der Waals surface area (Å²) in [5.74, 6) is -2.84. The van der Waals surface area contributed by atoms with Gasteiger partial charge in [0.2, 0.25) is 0 Å². The lowest BCUT2D eigenvalue weighted by atomic mass is 10.3. The molecule has 0 aromatic carbocycles. The monoisotopic (exact) mass is 446 g/mol. The van der Waals surface area contributed by atoms with Crippen LogP contribution in [0.4, 0.5) is 0 Å². The molecule has 178 valence electrons. The summed E-state index contributed by atoms with van der Waals surface area (Å²) in [5, 5.41) is 27.7. The smallest absolute Gasteiger partial charge is 0.317 e. The molecule has 2 saturated heterocycles. The van der Waals surface area contributed by atoms with Crippen LogP contribution >= 0.6 is 0 Å². The number of nitrogens with zero attached hydrogens (tertiary/aromatic N) is 4. The molecule has 0 radical (unpaired) electrons. The molecule has 12 nitrogen and oxygen atoms in total. The van der Waals surface area contributed by atoms with E-state index >= 15 is 0 Å². The predicted molar refractivity (Wildman–Crippen MR) is 109 cm³/mol. The van der Waals surface area contributed by atoms with Crippen LogP contribution in [0.25, 0.3) is 0 Å². The van der Waals surface area contributed by atoms with Gasteiger partial charge in [0, 0.05) is 58.9 Å². The zero-order chi connectivity index (χ0) is 22.6. The highest BCUT2D eigenvalue weighted by atomic mass is 16.7. The summed E-state index contributed by atoms with van der Waals surface area (Å²) in [4.78, 5) is 41.2. The molecule has 0 saturated carbocycles. The van der Waals surface area contributed by atoms with E-state index in [1.54, 1.807) is 14.7 Å². The van der Waals surface area contributed by atoms with Gasteiger partial charge >= 0.3 is 17.9 Å². The number of rotatable bonds is 8. The van der Waals surface area contributed by atoms with Crippen molar-refractivity contribution in [3.63, 3.8) is 0 Å². The number of ether oxygens (including phenoxy) is 2. The van der Waals surface area contributed by atoms with Crippen LogP contribution in [-0.2, 0) is 23.9 Å². The Morgan fingerprint density at radius 2 is 0.935 bits per heavy atom. The summed E-state index contributed by atoms with van der Waals surface area (Å²) in [5.41, 5.74) is 0. The molecule has 2 aliphatic heterocycles. The van der Waals surface area contributed by atoms with Gasteiger partial charge in [-0.15, -0.1) is 0 Å². The normalized spacial score (nSPS) is 22.5. The largest absolute Gasteiger partial charge is 0.480 e. The lowest BCUT2D eigenvalue weighted by molar-refractivity contribution is -0.187. The van der Waals surface area contributed by atoms with E-state index in [1.807, 2.05) is 0 Å². The first-order chi connectivity index (χ1) is 14.8. The molecule has 0 aromatic heterocycles. The lowest BCUT2D eigenvalue weighted by Gasteiger charge is -2.34. The van der Waals surface area contributed by atoms with Crippen molar-refractivity contribution < 1.29 is 39.2 Å². The Hall–Kier alpha value is -1.83. The molecule has 2 heterocycles. The summed E-state index contributed by atoms with van der Waals surface area (Å²) >= 11 is 0. The van der Waals surface area contributed by atoms with Crippen LogP contribution in [0.15, 0.2) is 0 Å². The third-order valence-electron chi connectivity index (χ3n) is 5.31. The minimum absolute atomic E-state index is 0.129. The first-order valence-corrected chi connectivity index (χ1v) is 10.6. The van der Waals surface area contributed by atoms with Gasteiger partial charge in [-0.05, 0) is 6.42 Å². The molecule has 0 aliphatic carbocycles. The highest BCUT2D eigenvalue weighted by Crippen LogP contribution is 2.08. The minimum atomic E-state index is -0.972. The SMILES string of the molecule is O=C(O)CN1CCN(CC(=O)O)CCN(CC2OCCCO2)CCN(CC(=O)O)CC1. The molecule has 2 rings (SSSR count). The van der Waals surface area contributed by atoms with Gasteiger partial charge in [0.25, 0.3) is 0 Å². The predicted octanol–water partition coefficient (Wildman–Crippen LogP) is -1.78. The fourth-order valence-electron chi connectivity index (χ4n) is 3.66. The lowest BCUT2D eigenvalue weighted by Crippen LogP contribution is -2.50. The number of aliphatic carboxylic acids is 3. The van der Waals surface area contributed by atoms with Gasteiger partial charge in [0.1, 0.15) is 0 Å². The molecular weight excluding hydrogens is 412 g/mol. The van der Waals surface area contributed by atoms with E-state index in [-0.39, 0.29) is 25.9 Å². The van der Waals surface area contributed by atoms with Crippen LogP contribution in [0, 0.1) is 0 Å². The van der Waals surface area contributed by atoms with Gasteiger partial charge in [-0.25, -0.2) is 0 Å². The molecule has 0 atom stereocenters. The number of carboxylic acids is 3. The molecule has 0 spiro atoms. The zero-order valence-corrected chi connectivity index (χ0v) is 17.9. The number of hydrogen-bond donors (Lipinski definition) is 3. The third kappa shape index (κ3) is 10.8. The van der Waals surface area contributed by atoms with Crippen LogP contribution in [0.1, 0.15) is 6.42 Å². The van der Waals surface area contributed by atoms with Crippen LogP contribution in [-0.4, -0.2) is 151 Å². The first kappa shape index (κ1) is 25.4. The van der Waals surface area contributed by atoms with Crippen molar-refractivity contribution in [2.75, 3.05) is 91.8 Å². The molecule has 2 aliphatic rings. The van der Waals surface area contributed by atoms with Gasteiger partial charge in [-0.2, -0.15) is 0 Å². The van der Waals surface area contributed by atoms with Crippen LogP contribution in [0.3, 0.4) is 0 Å². The van der Waals surface area contributed by atoms with Crippen molar-refractivity contribution in [2.24, 2.45) is 0 Å². The average Bonchev–Trinajstić information content (AvgIpc) is 2.69. The van der Waals surface area contributed by atoms with Crippen molar-refractivity contribution in [1.82, 2.24) is 19.6 Å². The molecule has 0 aromatic rings. The Morgan fingerprint density at radius 1 is 0.613 bits per heavy atom. The maximum atomic E-state index is 11.3. The van der Waals surface area contributed by atoms with Crippen molar-refractivity contribution >= 4 is 17.9 Å². The van der Waals surface area contributed by atoms with E-state index in [2.05, 4.69) is 4.90 Å². The first-order valence-electron chi connectivity index (χ1n) is 10.6. The van der Waals surface area contributed by atoms with Gasteiger partial charge < -0.3 is 24.8 Å². The molecular formula is C19H34N4O8. The summed E-state index contributed by atoms with van der Waals surface area (Å²) in [6.45, 7) is 5.03. The number of hydrogen-bond acceptors (Lipinski definition) is 9. The highest BCUT2D eigenvalue weighted by Gasteiger charge is 2.23. The Balaban J connectivity index is 2.08. The summed E-state index contributed by atoms with van der Waals surface area (Å²) in [6, 6.07) is 0. The zero-order valence-electron chi connectivity index (χ0n) is 17.9. The quantitative estimate of drug-likeness (QED) is 0.388. The second-order valence-electron chi connectivity index (χ2n) is 7.83. The van der Waals surface area contributed by atoms with Gasteiger partial charge in [-0.3, -0.25) is 34.0 Å². The Bertz CT molecular complexity index is 555. The minimum Gasteiger partial charge on any atom is -0.480 e. The second kappa shape index (κ2) is 13.6. The van der Waals surface area contributed by atoms with Crippen LogP contribution in [0.5, 0.6) is 0 Å². The van der Waals surface area contributed by atoms with E-state index in [9.17, 15) is 29.7 Å². The van der Waals surface area contributed by atoms with E-state index in [0.717, 1.165) is 6.42 Å². The van der Waals surface area contributed by atoms with E-state index < -0.39 is 17.9 Å². The molecule has 3 N–H and O–H groups in total. The Kier molecular flexibility index (Phi) is 11.1. The van der Waals surface area contributed by atoms with Crippen molar-refractivity contribution in [3.8, 4) is 0 Å². The average molecular weight is 447 g/mol. The second-order valence-corrected chi connectivity index (χ2v) is 7.83. The van der Waals surface area contributed by atoms with Gasteiger partial charge in [0.15, 0.2) is 6.29 Å². The summed E-state index contributed by atoms with van der Waals surface area (Å²) < 4.78 is 11.3. The van der Waals surface area contributed by atoms with Crippen molar-refractivity contribution in [1.29, 1.82) is 0 Å². The summed E-state index contributed by atoms with van der Waals surface area (Å²) in [7, 11) is 0. The van der Waals surface area contributed by atoms with E-state index in [0.29, 0.717) is 72.1 Å². The molecule has 2 fully saturated rings. The molecule has 12 heteroatoms. The molecule has 0 amide bonds.